The second-order valence-electron chi connectivity index (χ2n) is 2.98. The third-order valence-corrected chi connectivity index (χ3v) is 1.69. The maximum Gasteiger partial charge on any atom is 0.304 e. The molecule has 4 nitrogen and oxygen atoms in total. The van der Waals surface area contributed by atoms with E-state index >= 15 is 0 Å². The number of alkyl halides is 3. The first-order valence-electron chi connectivity index (χ1n) is 4.49. The molecule has 0 aromatic heterocycles. The van der Waals surface area contributed by atoms with Crippen molar-refractivity contribution in [2.45, 2.75) is 12.8 Å². The zero-order valence-electron chi connectivity index (χ0n) is 8.42. The molecular weight excluding hydrogens is 239 g/mol. The highest BCUT2D eigenvalue weighted by Crippen LogP contribution is 2.18. The number of benzene rings is 1. The van der Waals surface area contributed by atoms with Crippen LogP contribution in [0.25, 0.3) is 6.08 Å². The third kappa shape index (κ3) is 4.54. The van der Waals surface area contributed by atoms with Gasteiger partial charge in [-0.25, -0.2) is 8.78 Å². The van der Waals surface area contributed by atoms with Crippen LogP contribution < -0.4 is 4.74 Å². The van der Waals surface area contributed by atoms with Gasteiger partial charge in [0, 0.05) is 6.08 Å². The van der Waals surface area contributed by atoms with Gasteiger partial charge in [0.25, 0.3) is 6.36 Å². The van der Waals surface area contributed by atoms with Crippen LogP contribution in [0.1, 0.15) is 5.56 Å². The van der Waals surface area contributed by atoms with E-state index in [2.05, 4.69) is 4.74 Å². The van der Waals surface area contributed by atoms with Crippen LogP contribution in [0.5, 0.6) is 5.75 Å². The van der Waals surface area contributed by atoms with Crippen LogP contribution in [0, 0.1) is 10.1 Å². The average molecular weight is 247 g/mol. The summed E-state index contributed by atoms with van der Waals surface area (Å²) in [7, 11) is 0. The Hall–Kier alpha value is -2.05. The van der Waals surface area contributed by atoms with Crippen molar-refractivity contribution in [3.63, 3.8) is 0 Å². The Morgan fingerprint density at radius 2 is 2.06 bits per heavy atom. The van der Waals surface area contributed by atoms with E-state index in [1.807, 2.05) is 0 Å². The molecule has 1 rings (SSSR count). The van der Waals surface area contributed by atoms with Gasteiger partial charge in [-0.3, -0.25) is 10.1 Å². The van der Waals surface area contributed by atoms with Gasteiger partial charge in [0.1, 0.15) is 5.75 Å². The summed E-state index contributed by atoms with van der Waals surface area (Å²) in [5.41, 5.74) is 0.348. The molecule has 0 fully saturated rings. The zero-order valence-corrected chi connectivity index (χ0v) is 8.42. The van der Waals surface area contributed by atoms with Crippen molar-refractivity contribution < 1.29 is 22.8 Å². The van der Waals surface area contributed by atoms with E-state index in [4.69, 9.17) is 0 Å². The van der Waals surface area contributed by atoms with Gasteiger partial charge < -0.3 is 4.74 Å². The lowest BCUT2D eigenvalue weighted by Crippen LogP contribution is -2.19. The summed E-state index contributed by atoms with van der Waals surface area (Å²) < 4.78 is 40.6. The first-order chi connectivity index (χ1) is 7.99. The molecule has 0 N–H and O–H groups in total. The van der Waals surface area contributed by atoms with E-state index in [-0.39, 0.29) is 5.75 Å². The number of ether oxygens (including phenoxy) is 1. The fourth-order valence-electron chi connectivity index (χ4n) is 1.02. The van der Waals surface area contributed by atoms with Gasteiger partial charge >= 0.3 is 6.43 Å². The molecular formula is C10H8F3NO3. The minimum Gasteiger partial charge on any atom is -0.454 e. The molecule has 0 saturated carbocycles. The minimum absolute atomic E-state index is 0.122. The third-order valence-electron chi connectivity index (χ3n) is 1.69. The van der Waals surface area contributed by atoms with Gasteiger partial charge in [-0.15, -0.1) is 0 Å². The maximum absolute atomic E-state index is 12.6. The largest absolute Gasteiger partial charge is 0.454 e. The Morgan fingerprint density at radius 3 is 2.65 bits per heavy atom. The Balaban J connectivity index is 2.75. The van der Waals surface area contributed by atoms with E-state index in [9.17, 15) is 23.3 Å². The van der Waals surface area contributed by atoms with Gasteiger partial charge in [-0.2, -0.15) is 4.39 Å². The number of halogens is 3. The molecule has 0 aliphatic carbocycles. The SMILES string of the molecule is O=[N+]([O-])C=Cc1cccc(OC(F)C(F)F)c1. The molecule has 1 aromatic rings. The summed E-state index contributed by atoms with van der Waals surface area (Å²) in [5, 5.41) is 10.1. The Morgan fingerprint density at radius 1 is 1.35 bits per heavy atom. The summed E-state index contributed by atoms with van der Waals surface area (Å²) >= 11 is 0. The molecule has 1 atom stereocenters. The van der Waals surface area contributed by atoms with Crippen LogP contribution in [0.4, 0.5) is 13.2 Å². The van der Waals surface area contributed by atoms with Crippen molar-refractivity contribution in [1.29, 1.82) is 0 Å². The second kappa shape index (κ2) is 5.88. The van der Waals surface area contributed by atoms with E-state index in [1.54, 1.807) is 0 Å². The zero-order chi connectivity index (χ0) is 12.8. The Bertz CT molecular complexity index is 423. The summed E-state index contributed by atoms with van der Waals surface area (Å²) in [6.07, 6.45) is -4.14. The smallest absolute Gasteiger partial charge is 0.304 e. The molecule has 17 heavy (non-hydrogen) atoms. The summed E-state index contributed by atoms with van der Waals surface area (Å²) in [6, 6.07) is 5.39. The fourth-order valence-corrected chi connectivity index (χ4v) is 1.02. The number of hydrogen-bond donors (Lipinski definition) is 0. The maximum atomic E-state index is 12.6. The number of nitro groups is 1. The predicted octanol–water partition coefficient (Wildman–Crippen LogP) is 2.87. The molecule has 0 spiro atoms. The molecule has 92 valence electrons. The lowest BCUT2D eigenvalue weighted by Gasteiger charge is -2.10. The molecule has 0 aliphatic heterocycles. The molecule has 7 heteroatoms. The molecule has 0 heterocycles. The number of nitrogens with zero attached hydrogens (tertiary/aromatic N) is 1. The highest BCUT2D eigenvalue weighted by Gasteiger charge is 2.20. The van der Waals surface area contributed by atoms with Gasteiger partial charge in [-0.05, 0) is 17.7 Å². The number of rotatable bonds is 5. The van der Waals surface area contributed by atoms with Crippen molar-refractivity contribution in [3.8, 4) is 5.75 Å². The molecule has 0 bridgehead atoms. The fraction of sp³-hybridized carbons (Fsp3) is 0.200. The first kappa shape index (κ1) is 13.0. The van der Waals surface area contributed by atoms with Crippen LogP contribution in [0.2, 0.25) is 0 Å². The summed E-state index contributed by atoms with van der Waals surface area (Å²) in [4.78, 5) is 9.38. The van der Waals surface area contributed by atoms with Crippen LogP contribution in [0.3, 0.4) is 0 Å². The standard InChI is InChI=1S/C10H8F3NO3/c11-9(12)10(13)17-8-3-1-2-7(6-8)4-5-14(15)16/h1-6,9-10H. The van der Waals surface area contributed by atoms with Crippen LogP contribution >= 0.6 is 0 Å². The van der Waals surface area contributed by atoms with Crippen LogP contribution in [-0.2, 0) is 0 Å². The normalized spacial score (nSPS) is 12.9. The highest BCUT2D eigenvalue weighted by molar-refractivity contribution is 5.50. The minimum atomic E-state index is -3.24. The van der Waals surface area contributed by atoms with Gasteiger partial charge in [0.2, 0.25) is 6.20 Å². The van der Waals surface area contributed by atoms with E-state index < -0.39 is 17.7 Å². The van der Waals surface area contributed by atoms with Gasteiger partial charge in [0.05, 0.1) is 4.92 Å². The monoisotopic (exact) mass is 247 g/mol. The van der Waals surface area contributed by atoms with Crippen molar-refractivity contribution in [2.24, 2.45) is 0 Å². The van der Waals surface area contributed by atoms with Crippen molar-refractivity contribution >= 4 is 6.08 Å². The van der Waals surface area contributed by atoms with Crippen molar-refractivity contribution in [3.05, 3.63) is 46.1 Å². The summed E-state index contributed by atoms with van der Waals surface area (Å²) in [6.45, 7) is 0. The molecule has 1 aromatic carbocycles. The quantitative estimate of drug-likeness (QED) is 0.593. The van der Waals surface area contributed by atoms with Crippen molar-refractivity contribution in [1.82, 2.24) is 0 Å². The lowest BCUT2D eigenvalue weighted by atomic mass is 10.2. The van der Waals surface area contributed by atoms with E-state index in [0.29, 0.717) is 11.8 Å². The van der Waals surface area contributed by atoms with E-state index in [1.165, 1.54) is 24.3 Å². The topological polar surface area (TPSA) is 52.4 Å². The molecule has 0 radical (unpaired) electrons. The van der Waals surface area contributed by atoms with Gasteiger partial charge in [-0.1, -0.05) is 12.1 Å². The van der Waals surface area contributed by atoms with Crippen LogP contribution in [0.15, 0.2) is 30.5 Å². The molecule has 0 aliphatic rings. The Kier molecular flexibility index (Phi) is 4.50. The predicted molar refractivity (Wildman–Crippen MR) is 54.0 cm³/mol. The average Bonchev–Trinajstić information content (AvgIpc) is 2.26. The molecule has 0 saturated heterocycles. The highest BCUT2D eigenvalue weighted by atomic mass is 19.3. The lowest BCUT2D eigenvalue weighted by molar-refractivity contribution is -0.400. The first-order valence-corrected chi connectivity index (χ1v) is 4.49. The molecule has 0 amide bonds. The van der Waals surface area contributed by atoms with E-state index in [0.717, 1.165) is 6.08 Å². The molecule has 1 unspecified atom stereocenters. The summed E-state index contributed by atoms with van der Waals surface area (Å²) in [5.74, 6) is -0.122. The second-order valence-corrected chi connectivity index (χ2v) is 2.98. The van der Waals surface area contributed by atoms with Crippen LogP contribution in [-0.4, -0.2) is 17.7 Å². The number of hydrogen-bond acceptors (Lipinski definition) is 3. The van der Waals surface area contributed by atoms with Gasteiger partial charge in [0.15, 0.2) is 0 Å². The Labute approximate surface area is 94.5 Å². The van der Waals surface area contributed by atoms with Crippen molar-refractivity contribution in [2.75, 3.05) is 0 Å².